The lowest BCUT2D eigenvalue weighted by molar-refractivity contribution is -0.138. The van der Waals surface area contributed by atoms with E-state index in [4.69, 9.17) is 26.8 Å². The Morgan fingerprint density at radius 3 is 2.68 bits per heavy atom. The quantitative estimate of drug-likeness (QED) is 0.574. The lowest BCUT2D eigenvalue weighted by Crippen LogP contribution is -2.32. The van der Waals surface area contributed by atoms with Crippen LogP contribution in [0.25, 0.3) is 0 Å². The maximum absolute atomic E-state index is 12.7. The number of carbonyl (C=O) groups excluding carboxylic acids is 1. The molecule has 0 bridgehead atoms. The summed E-state index contributed by atoms with van der Waals surface area (Å²) in [5, 5.41) is 3.90. The van der Waals surface area contributed by atoms with Gasteiger partial charge in [-0.1, -0.05) is 29.8 Å². The zero-order chi connectivity index (χ0) is 18.4. The molecule has 1 unspecified atom stereocenters. The second-order valence-electron chi connectivity index (χ2n) is 5.84. The summed E-state index contributed by atoms with van der Waals surface area (Å²) in [5.41, 5.74) is 9.61. The van der Waals surface area contributed by atoms with E-state index in [0.29, 0.717) is 36.1 Å². The molecule has 6 heteroatoms. The number of esters is 1. The van der Waals surface area contributed by atoms with Crippen molar-refractivity contribution in [3.05, 3.63) is 57.4 Å². The van der Waals surface area contributed by atoms with Crippen molar-refractivity contribution in [3.63, 3.8) is 0 Å². The van der Waals surface area contributed by atoms with Gasteiger partial charge in [-0.3, -0.25) is 0 Å². The van der Waals surface area contributed by atoms with Crippen molar-refractivity contribution in [2.75, 3.05) is 26.4 Å². The molecule has 1 atom stereocenters. The molecule has 1 aliphatic heterocycles. The van der Waals surface area contributed by atoms with Crippen molar-refractivity contribution >= 4 is 17.6 Å². The summed E-state index contributed by atoms with van der Waals surface area (Å²) in [6.07, 6.45) is 0. The van der Waals surface area contributed by atoms with Gasteiger partial charge in [0.05, 0.1) is 31.1 Å². The van der Waals surface area contributed by atoms with Crippen LogP contribution in [0.15, 0.2) is 46.8 Å². The van der Waals surface area contributed by atoms with Crippen molar-refractivity contribution in [3.8, 4) is 0 Å². The average molecular weight is 365 g/mol. The third-order valence-electron chi connectivity index (χ3n) is 4.20. The molecular formula is C19H25ClN2O3. The number of carbonyl (C=O) groups is 1. The molecule has 0 saturated heterocycles. The van der Waals surface area contributed by atoms with Crippen LogP contribution in [0.4, 0.5) is 0 Å². The van der Waals surface area contributed by atoms with Gasteiger partial charge in [0, 0.05) is 23.2 Å². The Balaban J connectivity index is 2.54. The predicted molar refractivity (Wildman–Crippen MR) is 99.2 cm³/mol. The van der Waals surface area contributed by atoms with E-state index in [-0.39, 0.29) is 18.5 Å². The molecule has 0 radical (unpaired) electrons. The van der Waals surface area contributed by atoms with E-state index < -0.39 is 0 Å². The number of allylic oxidation sites excluding steroid dienone is 2. The van der Waals surface area contributed by atoms with Gasteiger partial charge in [-0.2, -0.15) is 0 Å². The van der Waals surface area contributed by atoms with Crippen molar-refractivity contribution in [1.29, 1.82) is 0 Å². The smallest absolute Gasteiger partial charge is 0.336 e. The third kappa shape index (κ3) is 4.42. The third-order valence-corrected chi connectivity index (χ3v) is 4.54. The molecule has 0 aromatic heterocycles. The Bertz CT molecular complexity index is 698. The number of hydrogen-bond acceptors (Lipinski definition) is 5. The molecule has 3 N–H and O–H groups in total. The van der Waals surface area contributed by atoms with Crippen molar-refractivity contribution < 1.29 is 14.3 Å². The zero-order valence-electron chi connectivity index (χ0n) is 14.9. The first kappa shape index (κ1) is 19.5. The highest BCUT2D eigenvalue weighted by Crippen LogP contribution is 2.40. The number of dihydropyridines is 1. The summed E-state index contributed by atoms with van der Waals surface area (Å²) in [4.78, 5) is 12.7. The number of rotatable bonds is 7. The Hall–Kier alpha value is -1.82. The maximum Gasteiger partial charge on any atom is 0.336 e. The lowest BCUT2D eigenvalue weighted by atomic mass is 9.81. The monoisotopic (exact) mass is 364 g/mol. The first-order chi connectivity index (χ1) is 12.0. The molecule has 0 aliphatic carbocycles. The van der Waals surface area contributed by atoms with E-state index in [9.17, 15) is 4.79 Å². The van der Waals surface area contributed by atoms with Crippen LogP contribution >= 0.6 is 11.6 Å². The van der Waals surface area contributed by atoms with E-state index in [2.05, 4.69) is 5.32 Å². The summed E-state index contributed by atoms with van der Waals surface area (Å²) in [5.74, 6) is -0.636. The molecule has 2 rings (SSSR count). The van der Waals surface area contributed by atoms with Gasteiger partial charge in [-0.05, 0) is 38.0 Å². The van der Waals surface area contributed by atoms with Gasteiger partial charge in [0.25, 0.3) is 0 Å². The molecule has 0 amide bonds. The van der Waals surface area contributed by atoms with Crippen molar-refractivity contribution in [2.24, 2.45) is 5.73 Å². The van der Waals surface area contributed by atoms with Crippen LogP contribution < -0.4 is 11.1 Å². The molecule has 0 saturated carbocycles. The number of hydrogen-bond donors (Lipinski definition) is 2. The van der Waals surface area contributed by atoms with Gasteiger partial charge >= 0.3 is 5.97 Å². The number of halogens is 1. The highest BCUT2D eigenvalue weighted by Gasteiger charge is 2.34. The van der Waals surface area contributed by atoms with E-state index in [1.165, 1.54) is 0 Å². The summed E-state index contributed by atoms with van der Waals surface area (Å²) >= 11 is 6.43. The van der Waals surface area contributed by atoms with Gasteiger partial charge in [-0.25, -0.2) is 4.79 Å². The average Bonchev–Trinajstić information content (AvgIpc) is 2.58. The Kier molecular flexibility index (Phi) is 7.05. The van der Waals surface area contributed by atoms with Crippen molar-refractivity contribution in [2.45, 2.75) is 26.7 Å². The minimum atomic E-state index is -0.363. The van der Waals surface area contributed by atoms with Crippen LogP contribution in [0.2, 0.25) is 5.02 Å². The second kappa shape index (κ2) is 9.04. The number of nitrogens with two attached hydrogens (primary N) is 1. The predicted octanol–water partition coefficient (Wildman–Crippen LogP) is 3.11. The van der Waals surface area contributed by atoms with E-state index in [1.807, 2.05) is 38.1 Å². The van der Waals surface area contributed by atoms with E-state index >= 15 is 0 Å². The topological polar surface area (TPSA) is 73.6 Å². The molecule has 0 fully saturated rings. The van der Waals surface area contributed by atoms with Gasteiger partial charge in [-0.15, -0.1) is 0 Å². The standard InChI is InChI=1S/C19H25ClN2O3/c1-4-25-19(23)18-16(11-24-10-9-21)22-13(3)12(2)17(18)14-7-5-6-8-15(14)20/h5-8,17,22H,4,9-11,21H2,1-3H3. The minimum Gasteiger partial charge on any atom is -0.463 e. The molecule has 1 aromatic carbocycles. The fourth-order valence-electron chi connectivity index (χ4n) is 2.92. The molecular weight excluding hydrogens is 340 g/mol. The number of ether oxygens (including phenoxy) is 2. The SMILES string of the molecule is CCOC(=O)C1=C(COCCN)NC(C)=C(C)C1c1ccccc1Cl. The molecule has 25 heavy (non-hydrogen) atoms. The fourth-order valence-corrected chi connectivity index (χ4v) is 3.16. The molecule has 136 valence electrons. The Morgan fingerprint density at radius 1 is 1.32 bits per heavy atom. The maximum atomic E-state index is 12.7. The van der Waals surface area contributed by atoms with E-state index in [1.54, 1.807) is 6.92 Å². The van der Waals surface area contributed by atoms with Gasteiger partial charge in [0.1, 0.15) is 0 Å². The lowest BCUT2D eigenvalue weighted by Gasteiger charge is -2.31. The van der Waals surface area contributed by atoms with Crippen LogP contribution in [-0.4, -0.2) is 32.3 Å². The Morgan fingerprint density at radius 2 is 2.04 bits per heavy atom. The number of benzene rings is 1. The Labute approximate surface area is 153 Å². The summed E-state index contributed by atoms with van der Waals surface area (Å²) < 4.78 is 10.9. The first-order valence-electron chi connectivity index (χ1n) is 8.38. The van der Waals surface area contributed by atoms with Crippen LogP contribution in [-0.2, 0) is 14.3 Å². The van der Waals surface area contributed by atoms with Crippen LogP contribution in [0.3, 0.4) is 0 Å². The molecule has 1 heterocycles. The van der Waals surface area contributed by atoms with Crippen LogP contribution in [0, 0.1) is 0 Å². The van der Waals surface area contributed by atoms with Crippen LogP contribution in [0.1, 0.15) is 32.3 Å². The molecule has 0 spiro atoms. The summed E-state index contributed by atoms with van der Waals surface area (Å²) in [7, 11) is 0. The minimum absolute atomic E-state index is 0.261. The zero-order valence-corrected chi connectivity index (χ0v) is 15.7. The number of nitrogens with one attached hydrogen (secondary N) is 1. The highest BCUT2D eigenvalue weighted by atomic mass is 35.5. The van der Waals surface area contributed by atoms with Crippen molar-refractivity contribution in [1.82, 2.24) is 5.32 Å². The molecule has 5 nitrogen and oxygen atoms in total. The van der Waals surface area contributed by atoms with Gasteiger partial charge in [0.15, 0.2) is 0 Å². The normalized spacial score (nSPS) is 17.6. The molecule has 1 aromatic rings. The summed E-state index contributed by atoms with van der Waals surface area (Å²) in [6.45, 7) is 7.16. The van der Waals surface area contributed by atoms with Crippen LogP contribution in [0.5, 0.6) is 0 Å². The largest absolute Gasteiger partial charge is 0.463 e. The van der Waals surface area contributed by atoms with Gasteiger partial charge < -0.3 is 20.5 Å². The van der Waals surface area contributed by atoms with Gasteiger partial charge in [0.2, 0.25) is 0 Å². The molecule has 1 aliphatic rings. The van der Waals surface area contributed by atoms with E-state index in [0.717, 1.165) is 16.8 Å². The highest BCUT2D eigenvalue weighted by molar-refractivity contribution is 6.31. The first-order valence-corrected chi connectivity index (χ1v) is 8.75. The fraction of sp³-hybridized carbons (Fsp3) is 0.421. The second-order valence-corrected chi connectivity index (χ2v) is 6.25. The summed E-state index contributed by atoms with van der Waals surface area (Å²) in [6, 6.07) is 7.55.